The molecule has 1 unspecified atom stereocenters. The third kappa shape index (κ3) is 2.44. The van der Waals surface area contributed by atoms with Crippen molar-refractivity contribution in [3.8, 4) is 0 Å². The summed E-state index contributed by atoms with van der Waals surface area (Å²) in [4.78, 5) is 11.3. The first kappa shape index (κ1) is 15.3. The van der Waals surface area contributed by atoms with E-state index in [1.165, 1.54) is 0 Å². The molecule has 0 amide bonds. The molecule has 0 spiro atoms. The molecule has 2 heterocycles. The maximum atomic E-state index is 11.3. The van der Waals surface area contributed by atoms with E-state index in [9.17, 15) is 9.90 Å². The van der Waals surface area contributed by atoms with Gasteiger partial charge in [0.2, 0.25) is 0 Å². The average Bonchev–Trinajstić information content (AvgIpc) is 2.79. The van der Waals surface area contributed by atoms with Crippen LogP contribution >= 0.6 is 0 Å². The summed E-state index contributed by atoms with van der Waals surface area (Å²) >= 11 is 0. The lowest BCUT2D eigenvalue weighted by molar-refractivity contribution is 0.0695. The number of carboxylic acid groups (broad SMARTS) is 1. The van der Waals surface area contributed by atoms with E-state index in [1.54, 1.807) is 6.07 Å². The molecule has 1 N–H and O–H groups in total. The largest absolute Gasteiger partial charge is 0.478 e. The number of nitrogens with zero attached hydrogens (tertiary/aromatic N) is 1. The molecule has 0 fully saturated rings. The number of hydrogen-bond donors (Lipinski definition) is 1. The van der Waals surface area contributed by atoms with Crippen molar-refractivity contribution in [1.82, 2.24) is 4.57 Å². The zero-order valence-electron chi connectivity index (χ0n) is 13.2. The molecule has 0 radical (unpaired) electrons. The Morgan fingerprint density at radius 3 is 2.55 bits per heavy atom. The molecule has 0 saturated carbocycles. The first-order valence-corrected chi connectivity index (χ1v) is 10.1. The van der Waals surface area contributed by atoms with Crippen LogP contribution in [0.2, 0.25) is 18.1 Å². The van der Waals surface area contributed by atoms with Gasteiger partial charge in [-0.2, -0.15) is 0 Å². The fraction of sp³-hybridized carbons (Fsp3) is 0.667. The third-order valence-electron chi connectivity index (χ3n) is 4.85. The quantitative estimate of drug-likeness (QED) is 0.865. The van der Waals surface area contributed by atoms with Gasteiger partial charge in [0, 0.05) is 24.4 Å². The Hall–Kier alpha value is -1.07. The molecule has 20 heavy (non-hydrogen) atoms. The first-order chi connectivity index (χ1) is 9.04. The second-order valence-electron chi connectivity index (χ2n) is 7.28. The fourth-order valence-corrected chi connectivity index (χ4v) is 3.94. The Kier molecular flexibility index (Phi) is 3.63. The van der Waals surface area contributed by atoms with Gasteiger partial charge in [-0.3, -0.25) is 0 Å². The van der Waals surface area contributed by atoms with Crippen LogP contribution in [-0.2, 0) is 11.0 Å². The Morgan fingerprint density at radius 1 is 1.45 bits per heavy atom. The highest BCUT2D eigenvalue weighted by molar-refractivity contribution is 6.74. The van der Waals surface area contributed by atoms with Crippen LogP contribution in [0.3, 0.4) is 0 Å². The lowest BCUT2D eigenvalue weighted by atomic mass is 10.0. The van der Waals surface area contributed by atoms with Gasteiger partial charge in [-0.1, -0.05) is 27.7 Å². The van der Waals surface area contributed by atoms with Crippen molar-refractivity contribution in [2.45, 2.75) is 64.4 Å². The summed E-state index contributed by atoms with van der Waals surface area (Å²) in [5.74, 6) is -0.719. The van der Waals surface area contributed by atoms with Crippen molar-refractivity contribution in [1.29, 1.82) is 0 Å². The van der Waals surface area contributed by atoms with Crippen molar-refractivity contribution in [2.75, 3.05) is 0 Å². The van der Waals surface area contributed by atoms with Gasteiger partial charge in [-0.25, -0.2) is 4.79 Å². The molecule has 0 saturated heterocycles. The number of carbonyl (C=O) groups is 1. The van der Waals surface area contributed by atoms with Gasteiger partial charge < -0.3 is 14.1 Å². The average molecular weight is 295 g/mol. The first-order valence-electron chi connectivity index (χ1n) is 7.15. The van der Waals surface area contributed by atoms with Crippen LogP contribution in [0, 0.1) is 0 Å². The Bertz CT molecular complexity index is 528. The molecule has 5 heteroatoms. The minimum atomic E-state index is -1.83. The highest BCUT2D eigenvalue weighted by Crippen LogP contribution is 2.41. The van der Waals surface area contributed by atoms with Gasteiger partial charge >= 0.3 is 5.97 Å². The molecule has 1 aliphatic heterocycles. The van der Waals surface area contributed by atoms with Crippen LogP contribution in [0.5, 0.6) is 0 Å². The monoisotopic (exact) mass is 295 g/mol. The van der Waals surface area contributed by atoms with Crippen molar-refractivity contribution < 1.29 is 14.3 Å². The van der Waals surface area contributed by atoms with Gasteiger partial charge in [0.05, 0.1) is 11.7 Å². The summed E-state index contributed by atoms with van der Waals surface area (Å²) in [6, 6.07) is 1.69. The van der Waals surface area contributed by atoms with Gasteiger partial charge in [-0.15, -0.1) is 0 Å². The minimum Gasteiger partial charge on any atom is -0.478 e. The molecule has 0 aromatic carbocycles. The number of aromatic nitrogens is 1. The zero-order chi connectivity index (χ0) is 15.3. The van der Waals surface area contributed by atoms with Gasteiger partial charge in [0.1, 0.15) is 0 Å². The number of carboxylic acids is 1. The second kappa shape index (κ2) is 4.74. The minimum absolute atomic E-state index is 0.0881. The highest BCUT2D eigenvalue weighted by Gasteiger charge is 2.43. The van der Waals surface area contributed by atoms with Crippen LogP contribution in [0.25, 0.3) is 0 Å². The van der Waals surface area contributed by atoms with Crippen LogP contribution < -0.4 is 0 Å². The maximum Gasteiger partial charge on any atom is 0.337 e. The van der Waals surface area contributed by atoms with Gasteiger partial charge in [0.15, 0.2) is 8.32 Å². The molecule has 2 atom stereocenters. The van der Waals surface area contributed by atoms with Crippen molar-refractivity contribution >= 4 is 14.3 Å². The van der Waals surface area contributed by atoms with E-state index >= 15 is 0 Å². The summed E-state index contributed by atoms with van der Waals surface area (Å²) in [5.41, 5.74) is 1.32. The van der Waals surface area contributed by atoms with E-state index in [0.29, 0.717) is 5.56 Å². The predicted molar refractivity (Wildman–Crippen MR) is 81.9 cm³/mol. The van der Waals surface area contributed by atoms with E-state index in [4.69, 9.17) is 4.43 Å². The number of aromatic carboxylic acids is 1. The molecule has 0 bridgehead atoms. The summed E-state index contributed by atoms with van der Waals surface area (Å²) < 4.78 is 8.51. The van der Waals surface area contributed by atoms with Gasteiger partial charge in [-0.05, 0) is 24.2 Å². The summed E-state index contributed by atoms with van der Waals surface area (Å²) in [6.45, 7) is 14.0. The molecule has 112 valence electrons. The Balaban J connectivity index is 2.22. The number of fused-ring (bicyclic) bond motifs is 1. The predicted octanol–water partition coefficient (Wildman–Crippen LogP) is 3.69. The Morgan fingerprint density at radius 2 is 2.05 bits per heavy atom. The van der Waals surface area contributed by atoms with Crippen LogP contribution in [-0.4, -0.2) is 30.1 Å². The third-order valence-corrected chi connectivity index (χ3v) is 9.36. The molecule has 0 aliphatic carbocycles. The van der Waals surface area contributed by atoms with Crippen LogP contribution in [0.4, 0.5) is 0 Å². The van der Waals surface area contributed by atoms with Crippen LogP contribution in [0.15, 0.2) is 12.3 Å². The molecule has 1 aliphatic rings. The summed E-state index contributed by atoms with van der Waals surface area (Å²) in [7, 11) is -1.83. The maximum absolute atomic E-state index is 11.3. The molecule has 1 aromatic rings. The molecule has 1 aromatic heterocycles. The zero-order valence-corrected chi connectivity index (χ0v) is 14.2. The molecule has 4 nitrogen and oxygen atoms in total. The molecular weight excluding hydrogens is 270 g/mol. The molecular formula is C15H25NO3Si. The van der Waals surface area contributed by atoms with Gasteiger partial charge in [0.25, 0.3) is 0 Å². The van der Waals surface area contributed by atoms with E-state index in [2.05, 4.69) is 40.8 Å². The van der Waals surface area contributed by atoms with E-state index < -0.39 is 14.3 Å². The molecule has 2 rings (SSSR count). The van der Waals surface area contributed by atoms with Crippen molar-refractivity contribution in [3.63, 3.8) is 0 Å². The van der Waals surface area contributed by atoms with Crippen molar-refractivity contribution in [2.24, 2.45) is 0 Å². The van der Waals surface area contributed by atoms with E-state index in [0.717, 1.165) is 12.2 Å². The van der Waals surface area contributed by atoms with Crippen molar-refractivity contribution in [3.05, 3.63) is 23.5 Å². The number of rotatable bonds is 3. The smallest absolute Gasteiger partial charge is 0.337 e. The Labute approximate surface area is 121 Å². The topological polar surface area (TPSA) is 51.5 Å². The normalized spacial score (nSPS) is 22.9. The lowest BCUT2D eigenvalue weighted by Crippen LogP contribution is -2.44. The second-order valence-corrected chi connectivity index (χ2v) is 12.0. The SMILES string of the molecule is CC1c2c(C(=O)O)ccn2C[C@@H]1O[Si](C)(C)C(C)(C)C. The summed E-state index contributed by atoms with van der Waals surface area (Å²) in [5, 5.41) is 9.42. The van der Waals surface area contributed by atoms with E-state index in [1.807, 2.05) is 10.8 Å². The summed E-state index contributed by atoms with van der Waals surface area (Å²) in [6.07, 6.45) is 1.95. The standard InChI is InChI=1S/C15H25NO3Si/c1-10-12(19-20(5,6)15(2,3)4)9-16-8-7-11(13(10)16)14(17)18/h7-8,10,12H,9H2,1-6H3,(H,17,18)/t10?,12-/m0/s1. The highest BCUT2D eigenvalue weighted by atomic mass is 28.4. The number of hydrogen-bond acceptors (Lipinski definition) is 2. The lowest BCUT2D eigenvalue weighted by Gasteiger charge is -2.39. The fourth-order valence-electron chi connectivity index (χ4n) is 2.55. The van der Waals surface area contributed by atoms with E-state index in [-0.39, 0.29) is 17.1 Å². The van der Waals surface area contributed by atoms with Crippen LogP contribution in [0.1, 0.15) is 49.7 Å².